The summed E-state index contributed by atoms with van der Waals surface area (Å²) in [5, 5.41) is 12.8. The van der Waals surface area contributed by atoms with Gasteiger partial charge in [-0.2, -0.15) is 0 Å². The summed E-state index contributed by atoms with van der Waals surface area (Å²) in [5.74, 6) is 0.334. The van der Waals surface area contributed by atoms with Crippen LogP contribution in [-0.2, 0) is 6.54 Å². The SMILES string of the molecule is CC(C)C(CO)CNCc1cc(Cl)ccc1F. The van der Waals surface area contributed by atoms with E-state index >= 15 is 0 Å². The Morgan fingerprint density at radius 1 is 1.41 bits per heavy atom. The van der Waals surface area contributed by atoms with Gasteiger partial charge >= 0.3 is 0 Å². The standard InChI is InChI=1S/C13H19ClFNO/c1-9(2)11(8-17)7-16-6-10-5-12(14)3-4-13(10)15/h3-5,9,11,16-17H,6-8H2,1-2H3. The molecule has 1 aromatic carbocycles. The van der Waals surface area contributed by atoms with Crippen LogP contribution in [0, 0.1) is 17.7 Å². The van der Waals surface area contributed by atoms with Gasteiger partial charge in [0.15, 0.2) is 0 Å². The Kier molecular flexibility index (Phi) is 5.89. The highest BCUT2D eigenvalue weighted by molar-refractivity contribution is 6.30. The van der Waals surface area contributed by atoms with Crippen LogP contribution < -0.4 is 5.32 Å². The van der Waals surface area contributed by atoms with E-state index < -0.39 is 0 Å². The lowest BCUT2D eigenvalue weighted by molar-refractivity contribution is 0.186. The van der Waals surface area contributed by atoms with E-state index in [2.05, 4.69) is 19.2 Å². The normalized spacial score (nSPS) is 13.1. The zero-order chi connectivity index (χ0) is 12.8. The third-order valence-corrected chi connectivity index (χ3v) is 3.14. The maximum absolute atomic E-state index is 13.4. The minimum absolute atomic E-state index is 0.142. The molecule has 0 bridgehead atoms. The molecule has 0 amide bonds. The summed E-state index contributed by atoms with van der Waals surface area (Å²) < 4.78 is 13.4. The first-order valence-electron chi connectivity index (χ1n) is 5.80. The first-order chi connectivity index (χ1) is 8.04. The van der Waals surface area contributed by atoms with Crippen LogP contribution in [0.15, 0.2) is 18.2 Å². The number of hydrogen-bond donors (Lipinski definition) is 2. The molecule has 0 heterocycles. The summed E-state index contributed by atoms with van der Waals surface area (Å²) in [6.07, 6.45) is 0. The molecule has 0 spiro atoms. The van der Waals surface area contributed by atoms with Crippen LogP contribution in [0.1, 0.15) is 19.4 Å². The first-order valence-corrected chi connectivity index (χ1v) is 6.18. The smallest absolute Gasteiger partial charge is 0.127 e. The number of nitrogens with one attached hydrogen (secondary N) is 1. The van der Waals surface area contributed by atoms with Crippen molar-refractivity contribution in [3.63, 3.8) is 0 Å². The Morgan fingerprint density at radius 2 is 2.12 bits per heavy atom. The van der Waals surface area contributed by atoms with E-state index in [0.717, 1.165) is 0 Å². The largest absolute Gasteiger partial charge is 0.396 e. The fourth-order valence-electron chi connectivity index (χ4n) is 1.58. The average molecular weight is 260 g/mol. The van der Waals surface area contributed by atoms with Gasteiger partial charge in [-0.1, -0.05) is 25.4 Å². The topological polar surface area (TPSA) is 32.3 Å². The summed E-state index contributed by atoms with van der Waals surface area (Å²) in [4.78, 5) is 0. The van der Waals surface area contributed by atoms with Crippen LogP contribution >= 0.6 is 11.6 Å². The molecule has 4 heteroatoms. The third kappa shape index (κ3) is 4.62. The van der Waals surface area contributed by atoms with Crippen molar-refractivity contribution in [2.75, 3.05) is 13.2 Å². The van der Waals surface area contributed by atoms with E-state index in [0.29, 0.717) is 29.6 Å². The minimum Gasteiger partial charge on any atom is -0.396 e. The van der Waals surface area contributed by atoms with E-state index in [4.69, 9.17) is 16.7 Å². The van der Waals surface area contributed by atoms with Crippen LogP contribution in [0.4, 0.5) is 4.39 Å². The van der Waals surface area contributed by atoms with Crippen LogP contribution in [0.3, 0.4) is 0 Å². The third-order valence-electron chi connectivity index (χ3n) is 2.91. The van der Waals surface area contributed by atoms with Gasteiger partial charge in [0, 0.05) is 30.3 Å². The van der Waals surface area contributed by atoms with E-state index in [1.54, 1.807) is 6.07 Å². The molecule has 0 radical (unpaired) electrons. The Morgan fingerprint density at radius 3 is 2.71 bits per heavy atom. The Bertz CT molecular complexity index is 357. The molecule has 0 aliphatic carbocycles. The predicted octanol–water partition coefficient (Wildman–Crippen LogP) is 2.83. The molecule has 1 aromatic rings. The molecule has 0 saturated carbocycles. The second-order valence-corrected chi connectivity index (χ2v) is 4.99. The predicted molar refractivity (Wildman–Crippen MR) is 68.5 cm³/mol. The summed E-state index contributed by atoms with van der Waals surface area (Å²) in [6.45, 7) is 5.35. The van der Waals surface area contributed by atoms with Gasteiger partial charge in [-0.3, -0.25) is 0 Å². The van der Waals surface area contributed by atoms with Crippen molar-refractivity contribution in [3.05, 3.63) is 34.6 Å². The van der Waals surface area contributed by atoms with Gasteiger partial charge in [0.05, 0.1) is 0 Å². The summed E-state index contributed by atoms with van der Waals surface area (Å²) >= 11 is 5.80. The Hall–Kier alpha value is -0.640. The molecule has 0 aliphatic heterocycles. The lowest BCUT2D eigenvalue weighted by Crippen LogP contribution is -2.28. The summed E-state index contributed by atoms with van der Waals surface area (Å²) in [5.41, 5.74) is 0.554. The quantitative estimate of drug-likeness (QED) is 0.823. The number of halogens is 2. The van der Waals surface area contributed by atoms with Crippen molar-refractivity contribution in [2.45, 2.75) is 20.4 Å². The van der Waals surface area contributed by atoms with E-state index in [1.807, 2.05) is 0 Å². The Balaban J connectivity index is 2.47. The number of benzene rings is 1. The van der Waals surface area contributed by atoms with Gasteiger partial charge in [0.25, 0.3) is 0 Å². The van der Waals surface area contributed by atoms with Gasteiger partial charge < -0.3 is 10.4 Å². The zero-order valence-electron chi connectivity index (χ0n) is 10.2. The van der Waals surface area contributed by atoms with Crippen LogP contribution in [0.2, 0.25) is 5.02 Å². The second kappa shape index (κ2) is 6.94. The van der Waals surface area contributed by atoms with Gasteiger partial charge in [-0.25, -0.2) is 4.39 Å². The molecule has 2 nitrogen and oxygen atoms in total. The molecule has 96 valence electrons. The molecule has 1 rings (SSSR count). The van der Waals surface area contributed by atoms with Crippen molar-refractivity contribution in [1.29, 1.82) is 0 Å². The lowest BCUT2D eigenvalue weighted by atomic mass is 9.97. The van der Waals surface area contributed by atoms with Gasteiger partial charge in [0.2, 0.25) is 0 Å². The highest BCUT2D eigenvalue weighted by Gasteiger charge is 2.11. The van der Waals surface area contributed by atoms with E-state index in [-0.39, 0.29) is 18.3 Å². The first kappa shape index (κ1) is 14.4. The fourth-order valence-corrected chi connectivity index (χ4v) is 1.78. The number of rotatable bonds is 6. The van der Waals surface area contributed by atoms with E-state index in [1.165, 1.54) is 12.1 Å². The van der Waals surface area contributed by atoms with Crippen molar-refractivity contribution >= 4 is 11.6 Å². The molecular weight excluding hydrogens is 241 g/mol. The summed E-state index contributed by atoms with van der Waals surface area (Å²) in [6, 6.07) is 4.52. The Labute approximate surface area is 107 Å². The molecule has 0 fully saturated rings. The number of aliphatic hydroxyl groups excluding tert-OH is 1. The average Bonchev–Trinajstić information content (AvgIpc) is 2.28. The van der Waals surface area contributed by atoms with Crippen molar-refractivity contribution in [3.8, 4) is 0 Å². The molecule has 0 aliphatic rings. The maximum atomic E-state index is 13.4. The van der Waals surface area contributed by atoms with Gasteiger partial charge in [-0.05, 0) is 30.0 Å². The lowest BCUT2D eigenvalue weighted by Gasteiger charge is -2.18. The molecule has 1 unspecified atom stereocenters. The van der Waals surface area contributed by atoms with Gasteiger partial charge in [0.1, 0.15) is 5.82 Å². The number of aliphatic hydroxyl groups is 1. The maximum Gasteiger partial charge on any atom is 0.127 e. The molecule has 0 saturated heterocycles. The van der Waals surface area contributed by atoms with Crippen LogP contribution in [-0.4, -0.2) is 18.3 Å². The molecular formula is C13H19ClFNO. The van der Waals surface area contributed by atoms with Crippen molar-refractivity contribution in [1.82, 2.24) is 5.32 Å². The van der Waals surface area contributed by atoms with Crippen LogP contribution in [0.25, 0.3) is 0 Å². The minimum atomic E-state index is -0.257. The summed E-state index contributed by atoms with van der Waals surface area (Å²) in [7, 11) is 0. The second-order valence-electron chi connectivity index (χ2n) is 4.55. The monoisotopic (exact) mass is 259 g/mol. The van der Waals surface area contributed by atoms with Crippen molar-refractivity contribution < 1.29 is 9.50 Å². The zero-order valence-corrected chi connectivity index (χ0v) is 11.0. The highest BCUT2D eigenvalue weighted by Crippen LogP contribution is 2.15. The molecule has 2 N–H and O–H groups in total. The fraction of sp³-hybridized carbons (Fsp3) is 0.538. The van der Waals surface area contributed by atoms with Crippen molar-refractivity contribution in [2.24, 2.45) is 11.8 Å². The van der Waals surface area contributed by atoms with E-state index in [9.17, 15) is 4.39 Å². The molecule has 17 heavy (non-hydrogen) atoms. The van der Waals surface area contributed by atoms with Gasteiger partial charge in [-0.15, -0.1) is 0 Å². The molecule has 1 atom stereocenters. The highest BCUT2D eigenvalue weighted by atomic mass is 35.5. The molecule has 0 aromatic heterocycles. The number of hydrogen-bond acceptors (Lipinski definition) is 2. The van der Waals surface area contributed by atoms with Crippen LogP contribution in [0.5, 0.6) is 0 Å².